The second-order valence-electron chi connectivity index (χ2n) is 4.63. The predicted octanol–water partition coefficient (Wildman–Crippen LogP) is 2.82. The van der Waals surface area contributed by atoms with Crippen molar-refractivity contribution in [2.75, 3.05) is 21.3 Å². The first-order chi connectivity index (χ1) is 10.3. The number of rotatable bonds is 7. The summed E-state index contributed by atoms with van der Waals surface area (Å²) in [4.78, 5) is 1.11. The SMILES string of the molecule is CCCc1nnsc1C(NC)c1c(OC)cccc1OC. The van der Waals surface area contributed by atoms with E-state index in [-0.39, 0.29) is 6.04 Å². The standard InChI is InChI=1S/C15H21N3O2S/c1-5-7-10-15(21-18-17-10)14(16-2)13-11(19-3)8-6-9-12(13)20-4/h6,8-9,14,16H,5,7H2,1-4H3. The quantitative estimate of drug-likeness (QED) is 0.852. The first-order valence-corrected chi connectivity index (χ1v) is 7.73. The molecule has 0 radical (unpaired) electrons. The topological polar surface area (TPSA) is 56.3 Å². The molecule has 0 saturated carbocycles. The molecule has 0 bridgehead atoms. The summed E-state index contributed by atoms with van der Waals surface area (Å²) in [5.41, 5.74) is 2.02. The second kappa shape index (κ2) is 7.38. The normalized spacial score (nSPS) is 12.2. The van der Waals surface area contributed by atoms with E-state index in [0.717, 1.165) is 40.5 Å². The minimum atomic E-state index is -0.0438. The van der Waals surface area contributed by atoms with Crippen LogP contribution in [0, 0.1) is 0 Å². The van der Waals surface area contributed by atoms with Crippen LogP contribution in [-0.4, -0.2) is 30.9 Å². The van der Waals surface area contributed by atoms with E-state index in [4.69, 9.17) is 9.47 Å². The molecular formula is C15H21N3O2S. The average Bonchev–Trinajstić information content (AvgIpc) is 2.97. The summed E-state index contributed by atoms with van der Waals surface area (Å²) >= 11 is 1.42. The maximum Gasteiger partial charge on any atom is 0.127 e. The van der Waals surface area contributed by atoms with E-state index >= 15 is 0 Å². The fourth-order valence-corrected chi connectivity index (χ4v) is 3.23. The zero-order chi connectivity index (χ0) is 15.2. The van der Waals surface area contributed by atoms with E-state index in [1.54, 1.807) is 14.2 Å². The third-order valence-corrected chi connectivity index (χ3v) is 4.21. The Morgan fingerprint density at radius 1 is 1.24 bits per heavy atom. The van der Waals surface area contributed by atoms with Crippen molar-refractivity contribution in [3.63, 3.8) is 0 Å². The highest BCUT2D eigenvalue weighted by Crippen LogP contribution is 2.39. The molecule has 1 unspecified atom stereocenters. The lowest BCUT2D eigenvalue weighted by atomic mass is 10.0. The van der Waals surface area contributed by atoms with Gasteiger partial charge in [0.05, 0.1) is 36.4 Å². The number of hydrogen-bond donors (Lipinski definition) is 1. The summed E-state index contributed by atoms with van der Waals surface area (Å²) in [5.74, 6) is 1.59. The molecule has 2 rings (SSSR count). The average molecular weight is 307 g/mol. The van der Waals surface area contributed by atoms with Gasteiger partial charge < -0.3 is 14.8 Å². The van der Waals surface area contributed by atoms with Crippen LogP contribution in [-0.2, 0) is 6.42 Å². The number of aryl methyl sites for hydroxylation is 1. The van der Waals surface area contributed by atoms with E-state index < -0.39 is 0 Å². The molecule has 1 atom stereocenters. The predicted molar refractivity (Wildman–Crippen MR) is 84.4 cm³/mol. The van der Waals surface area contributed by atoms with E-state index in [9.17, 15) is 0 Å². The van der Waals surface area contributed by atoms with Crippen molar-refractivity contribution in [1.29, 1.82) is 0 Å². The molecule has 114 valence electrons. The van der Waals surface area contributed by atoms with Gasteiger partial charge in [-0.25, -0.2) is 0 Å². The van der Waals surface area contributed by atoms with Crippen LogP contribution in [0.5, 0.6) is 11.5 Å². The zero-order valence-corrected chi connectivity index (χ0v) is 13.7. The van der Waals surface area contributed by atoms with Gasteiger partial charge in [-0.1, -0.05) is 23.9 Å². The van der Waals surface area contributed by atoms with Crippen molar-refractivity contribution in [3.8, 4) is 11.5 Å². The molecule has 0 aliphatic carbocycles. The Labute approximate surface area is 129 Å². The van der Waals surface area contributed by atoms with Crippen molar-refractivity contribution < 1.29 is 9.47 Å². The number of hydrogen-bond acceptors (Lipinski definition) is 6. The molecule has 0 aliphatic rings. The molecule has 0 amide bonds. The fourth-order valence-electron chi connectivity index (χ4n) is 2.42. The van der Waals surface area contributed by atoms with Crippen LogP contribution in [0.4, 0.5) is 0 Å². The lowest BCUT2D eigenvalue weighted by Gasteiger charge is -2.21. The lowest BCUT2D eigenvalue weighted by Crippen LogP contribution is -2.19. The number of benzene rings is 1. The van der Waals surface area contributed by atoms with Gasteiger partial charge in [0.1, 0.15) is 11.5 Å². The molecule has 6 heteroatoms. The molecule has 0 spiro atoms. The minimum Gasteiger partial charge on any atom is -0.496 e. The molecule has 1 aromatic carbocycles. The minimum absolute atomic E-state index is 0.0438. The number of ether oxygens (including phenoxy) is 2. The van der Waals surface area contributed by atoms with Gasteiger partial charge >= 0.3 is 0 Å². The Morgan fingerprint density at radius 3 is 2.43 bits per heavy atom. The largest absolute Gasteiger partial charge is 0.496 e. The van der Waals surface area contributed by atoms with Crippen LogP contribution >= 0.6 is 11.5 Å². The van der Waals surface area contributed by atoms with Crippen LogP contribution in [0.15, 0.2) is 18.2 Å². The fraction of sp³-hybridized carbons (Fsp3) is 0.467. The summed E-state index contributed by atoms with van der Waals surface area (Å²) in [7, 11) is 5.26. The van der Waals surface area contributed by atoms with E-state index in [2.05, 4.69) is 21.8 Å². The van der Waals surface area contributed by atoms with Gasteiger partial charge in [0.15, 0.2) is 0 Å². The van der Waals surface area contributed by atoms with Gasteiger partial charge in [-0.15, -0.1) is 5.10 Å². The van der Waals surface area contributed by atoms with Gasteiger partial charge in [0.25, 0.3) is 0 Å². The maximum atomic E-state index is 5.51. The highest BCUT2D eigenvalue weighted by atomic mass is 32.1. The number of aromatic nitrogens is 2. The van der Waals surface area contributed by atoms with E-state index in [1.165, 1.54) is 11.5 Å². The summed E-state index contributed by atoms with van der Waals surface area (Å²) in [6, 6.07) is 5.76. The lowest BCUT2D eigenvalue weighted by molar-refractivity contribution is 0.379. The first kappa shape index (κ1) is 15.7. The Kier molecular flexibility index (Phi) is 5.52. The maximum absolute atomic E-state index is 5.51. The van der Waals surface area contributed by atoms with Crippen LogP contribution in [0.3, 0.4) is 0 Å². The van der Waals surface area contributed by atoms with Crippen LogP contribution in [0.2, 0.25) is 0 Å². The van der Waals surface area contributed by atoms with Gasteiger partial charge in [0.2, 0.25) is 0 Å². The van der Waals surface area contributed by atoms with Gasteiger partial charge in [-0.2, -0.15) is 0 Å². The van der Waals surface area contributed by atoms with Gasteiger partial charge in [-0.3, -0.25) is 0 Å². The molecule has 0 aliphatic heterocycles. The van der Waals surface area contributed by atoms with Crippen molar-refractivity contribution in [2.24, 2.45) is 0 Å². The summed E-state index contributed by atoms with van der Waals surface area (Å²) in [5, 5.41) is 7.60. The van der Waals surface area contributed by atoms with Gasteiger partial charge in [-0.05, 0) is 37.1 Å². The molecule has 5 nitrogen and oxygen atoms in total. The highest BCUT2D eigenvalue weighted by Gasteiger charge is 2.25. The third-order valence-electron chi connectivity index (χ3n) is 3.38. The van der Waals surface area contributed by atoms with Crippen molar-refractivity contribution in [2.45, 2.75) is 25.8 Å². The Balaban J connectivity index is 2.53. The first-order valence-electron chi connectivity index (χ1n) is 6.96. The van der Waals surface area contributed by atoms with Crippen LogP contribution in [0.1, 0.15) is 35.5 Å². The van der Waals surface area contributed by atoms with Crippen LogP contribution < -0.4 is 14.8 Å². The number of nitrogens with one attached hydrogen (secondary N) is 1. The van der Waals surface area contributed by atoms with E-state index in [1.807, 2.05) is 25.2 Å². The molecular weight excluding hydrogens is 286 g/mol. The number of nitrogens with zero attached hydrogens (tertiary/aromatic N) is 2. The van der Waals surface area contributed by atoms with Crippen LogP contribution in [0.25, 0.3) is 0 Å². The molecule has 0 saturated heterocycles. The second-order valence-corrected chi connectivity index (χ2v) is 5.42. The van der Waals surface area contributed by atoms with Gasteiger partial charge in [0, 0.05) is 0 Å². The zero-order valence-electron chi connectivity index (χ0n) is 12.8. The molecule has 1 heterocycles. The van der Waals surface area contributed by atoms with Crippen molar-refractivity contribution in [1.82, 2.24) is 14.9 Å². The van der Waals surface area contributed by atoms with E-state index in [0.29, 0.717) is 0 Å². The van der Waals surface area contributed by atoms with Crippen molar-refractivity contribution in [3.05, 3.63) is 34.3 Å². The Morgan fingerprint density at radius 2 is 1.90 bits per heavy atom. The molecule has 1 aromatic heterocycles. The molecule has 21 heavy (non-hydrogen) atoms. The highest BCUT2D eigenvalue weighted by molar-refractivity contribution is 7.05. The molecule has 0 fully saturated rings. The number of methoxy groups -OCH3 is 2. The third kappa shape index (κ3) is 3.16. The smallest absolute Gasteiger partial charge is 0.127 e. The Bertz CT molecular complexity index is 564. The molecule has 1 N–H and O–H groups in total. The molecule has 2 aromatic rings. The monoisotopic (exact) mass is 307 g/mol. The summed E-state index contributed by atoms with van der Waals surface area (Å²) in [6.07, 6.45) is 1.96. The Hall–Kier alpha value is -1.66. The summed E-state index contributed by atoms with van der Waals surface area (Å²) in [6.45, 7) is 2.14. The van der Waals surface area contributed by atoms with Crippen molar-refractivity contribution >= 4 is 11.5 Å². The summed E-state index contributed by atoms with van der Waals surface area (Å²) < 4.78 is 15.1.